The number of carbonyl (C=O) groups excluding carboxylic acids is 3. The zero-order valence-electron chi connectivity index (χ0n) is 41.6. The molecule has 0 aliphatic carbocycles. The van der Waals surface area contributed by atoms with Crippen molar-refractivity contribution in [2.24, 2.45) is 5.92 Å². The molecular weight excluding hydrogens is 757 g/mol. The fourth-order valence-corrected chi connectivity index (χ4v) is 8.39. The van der Waals surface area contributed by atoms with Crippen molar-refractivity contribution in [2.45, 2.75) is 316 Å². The maximum Gasteiger partial charge on any atom is 0.306 e. The van der Waals surface area contributed by atoms with E-state index in [4.69, 9.17) is 14.2 Å². The van der Waals surface area contributed by atoms with Crippen LogP contribution in [0.3, 0.4) is 0 Å². The molecule has 0 amide bonds. The number of hydrogen-bond acceptors (Lipinski definition) is 6. The Morgan fingerprint density at radius 3 is 0.803 bits per heavy atom. The molecule has 0 bridgehead atoms. The number of rotatable bonds is 50. The van der Waals surface area contributed by atoms with E-state index in [2.05, 4.69) is 27.7 Å². The third-order valence-corrected chi connectivity index (χ3v) is 12.5. The molecule has 0 aromatic heterocycles. The van der Waals surface area contributed by atoms with Crippen LogP contribution in [0.25, 0.3) is 0 Å². The van der Waals surface area contributed by atoms with Crippen LogP contribution in [0.4, 0.5) is 0 Å². The van der Waals surface area contributed by atoms with Crippen LogP contribution in [-0.4, -0.2) is 37.2 Å². The largest absolute Gasteiger partial charge is 0.462 e. The van der Waals surface area contributed by atoms with Gasteiger partial charge in [-0.1, -0.05) is 272 Å². The second-order valence-electron chi connectivity index (χ2n) is 19.3. The van der Waals surface area contributed by atoms with Crippen molar-refractivity contribution in [2.75, 3.05) is 13.2 Å². The predicted octanol–water partition coefficient (Wildman–Crippen LogP) is 17.8. The maximum absolute atomic E-state index is 12.8. The first-order chi connectivity index (χ1) is 29.9. The van der Waals surface area contributed by atoms with Gasteiger partial charge in [-0.15, -0.1) is 0 Å². The van der Waals surface area contributed by atoms with Crippen molar-refractivity contribution < 1.29 is 28.6 Å². The third-order valence-electron chi connectivity index (χ3n) is 12.5. The summed E-state index contributed by atoms with van der Waals surface area (Å²) in [6.07, 6.45) is 52.3. The fourth-order valence-electron chi connectivity index (χ4n) is 8.39. The Morgan fingerprint density at radius 1 is 0.311 bits per heavy atom. The number of unbranched alkanes of at least 4 members (excludes halogenated alkanes) is 37. The molecule has 6 nitrogen and oxygen atoms in total. The summed E-state index contributed by atoms with van der Waals surface area (Å²) in [5.41, 5.74) is 0. The lowest BCUT2D eigenvalue weighted by Gasteiger charge is -2.18. The first-order valence-electron chi connectivity index (χ1n) is 27.4. The van der Waals surface area contributed by atoms with Gasteiger partial charge in [0.05, 0.1) is 0 Å². The minimum Gasteiger partial charge on any atom is -0.462 e. The predicted molar refractivity (Wildman–Crippen MR) is 261 cm³/mol. The molecule has 0 aliphatic rings. The lowest BCUT2D eigenvalue weighted by Crippen LogP contribution is -2.30. The lowest BCUT2D eigenvalue weighted by molar-refractivity contribution is -0.167. The highest BCUT2D eigenvalue weighted by Crippen LogP contribution is 2.17. The van der Waals surface area contributed by atoms with Crippen molar-refractivity contribution in [3.05, 3.63) is 0 Å². The molecule has 0 spiro atoms. The van der Waals surface area contributed by atoms with Crippen molar-refractivity contribution >= 4 is 17.9 Å². The van der Waals surface area contributed by atoms with Gasteiger partial charge in [-0.05, 0) is 25.2 Å². The molecule has 1 atom stereocenters. The Hall–Kier alpha value is -1.59. The summed E-state index contributed by atoms with van der Waals surface area (Å²) in [6, 6.07) is 0. The fraction of sp³-hybridized carbons (Fsp3) is 0.945. The second-order valence-corrected chi connectivity index (χ2v) is 19.3. The van der Waals surface area contributed by atoms with E-state index in [1.807, 2.05) is 0 Å². The zero-order valence-corrected chi connectivity index (χ0v) is 41.6. The lowest BCUT2D eigenvalue weighted by atomic mass is 10.0. The van der Waals surface area contributed by atoms with Crippen LogP contribution in [0, 0.1) is 5.92 Å². The van der Waals surface area contributed by atoms with Gasteiger partial charge in [0.2, 0.25) is 0 Å². The van der Waals surface area contributed by atoms with Gasteiger partial charge in [0.25, 0.3) is 0 Å². The van der Waals surface area contributed by atoms with Gasteiger partial charge < -0.3 is 14.2 Å². The van der Waals surface area contributed by atoms with E-state index in [0.717, 1.165) is 63.7 Å². The Balaban J connectivity index is 4.30. The van der Waals surface area contributed by atoms with Crippen LogP contribution in [0.5, 0.6) is 0 Å². The Morgan fingerprint density at radius 2 is 0.541 bits per heavy atom. The van der Waals surface area contributed by atoms with Crippen LogP contribution in [0.1, 0.15) is 310 Å². The summed E-state index contributed by atoms with van der Waals surface area (Å²) in [7, 11) is 0. The van der Waals surface area contributed by atoms with Gasteiger partial charge in [0.15, 0.2) is 6.10 Å². The number of ether oxygens (including phenoxy) is 3. The zero-order chi connectivity index (χ0) is 44.5. The van der Waals surface area contributed by atoms with Crippen LogP contribution < -0.4 is 0 Å². The van der Waals surface area contributed by atoms with Crippen LogP contribution in [-0.2, 0) is 28.6 Å². The average Bonchev–Trinajstić information content (AvgIpc) is 3.24. The molecule has 0 unspecified atom stereocenters. The molecule has 0 rings (SSSR count). The minimum absolute atomic E-state index is 0.0622. The van der Waals surface area contributed by atoms with E-state index in [-0.39, 0.29) is 31.1 Å². The monoisotopic (exact) mass is 863 g/mol. The summed E-state index contributed by atoms with van der Waals surface area (Å²) in [6.45, 7) is 9.05. The Labute approximate surface area is 380 Å². The summed E-state index contributed by atoms with van der Waals surface area (Å²) >= 11 is 0. The Bertz CT molecular complexity index is 918. The summed E-state index contributed by atoms with van der Waals surface area (Å²) in [4.78, 5) is 38.0. The summed E-state index contributed by atoms with van der Waals surface area (Å²) in [5.74, 6) is -0.00117. The Kier molecular flexibility index (Phi) is 48.1. The molecule has 0 saturated heterocycles. The molecule has 0 heterocycles. The first-order valence-corrected chi connectivity index (χ1v) is 27.4. The molecule has 0 N–H and O–H groups in total. The summed E-state index contributed by atoms with van der Waals surface area (Å²) < 4.78 is 16.8. The number of carbonyl (C=O) groups is 3. The molecule has 6 heteroatoms. The van der Waals surface area contributed by atoms with Gasteiger partial charge in [0.1, 0.15) is 13.2 Å². The van der Waals surface area contributed by atoms with E-state index >= 15 is 0 Å². The molecule has 61 heavy (non-hydrogen) atoms. The van der Waals surface area contributed by atoms with Crippen molar-refractivity contribution in [3.63, 3.8) is 0 Å². The van der Waals surface area contributed by atoms with Gasteiger partial charge in [-0.2, -0.15) is 0 Å². The van der Waals surface area contributed by atoms with Gasteiger partial charge in [0, 0.05) is 19.3 Å². The topological polar surface area (TPSA) is 78.9 Å². The van der Waals surface area contributed by atoms with Crippen LogP contribution >= 0.6 is 0 Å². The van der Waals surface area contributed by atoms with Crippen molar-refractivity contribution in [1.29, 1.82) is 0 Å². The van der Waals surface area contributed by atoms with Crippen LogP contribution in [0.2, 0.25) is 0 Å². The van der Waals surface area contributed by atoms with Gasteiger partial charge >= 0.3 is 17.9 Å². The van der Waals surface area contributed by atoms with E-state index in [1.54, 1.807) is 0 Å². The summed E-state index contributed by atoms with van der Waals surface area (Å²) in [5, 5.41) is 0. The standard InChI is InChI=1S/C55H106O6/c1-5-7-9-11-13-15-17-19-20-23-27-31-35-39-43-47-54(57)60-50-52(49-59-53(56)46-42-38-34-30-26-18-16-14-12-10-8-6-2)61-55(58)48-44-40-36-32-28-24-21-22-25-29-33-37-41-45-51(3)4/h51-52H,5-50H2,1-4H3/t52-/m1/s1. The highest BCUT2D eigenvalue weighted by Gasteiger charge is 2.19. The number of esters is 3. The van der Waals surface area contributed by atoms with Crippen molar-refractivity contribution in [1.82, 2.24) is 0 Å². The quantitative estimate of drug-likeness (QED) is 0.0344. The van der Waals surface area contributed by atoms with Gasteiger partial charge in [-0.25, -0.2) is 0 Å². The highest BCUT2D eigenvalue weighted by atomic mass is 16.6. The van der Waals surface area contributed by atoms with E-state index < -0.39 is 6.10 Å². The van der Waals surface area contributed by atoms with E-state index in [0.29, 0.717) is 19.3 Å². The normalized spacial score (nSPS) is 12.0. The molecule has 0 fully saturated rings. The van der Waals surface area contributed by atoms with E-state index in [9.17, 15) is 14.4 Å². The maximum atomic E-state index is 12.8. The van der Waals surface area contributed by atoms with Crippen molar-refractivity contribution in [3.8, 4) is 0 Å². The second kappa shape index (κ2) is 49.4. The van der Waals surface area contributed by atoms with Gasteiger partial charge in [-0.3, -0.25) is 14.4 Å². The molecule has 0 aliphatic heterocycles. The first kappa shape index (κ1) is 59.4. The average molecular weight is 863 g/mol. The SMILES string of the molecule is CCCCCCCCCCCCCCCCCC(=O)OC[C@@H](COC(=O)CCCCCCCCCCCCCC)OC(=O)CCCCCCCCCCCCCCCC(C)C. The van der Waals surface area contributed by atoms with Crippen LogP contribution in [0.15, 0.2) is 0 Å². The van der Waals surface area contributed by atoms with E-state index in [1.165, 1.54) is 205 Å². The smallest absolute Gasteiger partial charge is 0.306 e. The third kappa shape index (κ3) is 49.3. The molecule has 0 saturated carbocycles. The molecule has 0 aromatic rings. The molecule has 362 valence electrons. The number of hydrogen-bond donors (Lipinski definition) is 0. The minimum atomic E-state index is -0.761. The molecular formula is C55H106O6. The highest BCUT2D eigenvalue weighted by molar-refractivity contribution is 5.71. The molecule has 0 aromatic carbocycles. The molecule has 0 radical (unpaired) electrons.